The molecule has 144 valence electrons. The third-order valence-corrected chi connectivity index (χ3v) is 5.23. The molecule has 1 aliphatic heterocycles. The molecule has 2 N–H and O–H groups in total. The maximum Gasteiger partial charge on any atom is 0.283 e. The van der Waals surface area contributed by atoms with Gasteiger partial charge in [0.2, 0.25) is 5.91 Å². The second-order valence-electron chi connectivity index (χ2n) is 6.44. The molecule has 0 atom stereocenters. The van der Waals surface area contributed by atoms with Crippen LogP contribution >= 0.6 is 15.9 Å². The summed E-state index contributed by atoms with van der Waals surface area (Å²) >= 11 is 3.32. The fraction of sp³-hybridized carbons (Fsp3) is 0.444. The number of hydrogen-bond acceptors (Lipinski definition) is 6. The van der Waals surface area contributed by atoms with Gasteiger partial charge in [-0.15, -0.1) is 0 Å². The topological polar surface area (TPSA) is 92.2 Å². The van der Waals surface area contributed by atoms with Gasteiger partial charge in [-0.1, -0.05) is 0 Å². The summed E-state index contributed by atoms with van der Waals surface area (Å²) in [6, 6.07) is 3.65. The number of likely N-dealkylation sites (tertiary alicyclic amines) is 1. The first-order chi connectivity index (χ1) is 13.1. The van der Waals surface area contributed by atoms with Crippen molar-refractivity contribution in [3.63, 3.8) is 0 Å². The molecule has 2 aromatic heterocycles. The number of nitrogens with one attached hydrogen (secondary N) is 2. The van der Waals surface area contributed by atoms with E-state index in [1.54, 1.807) is 18.6 Å². The van der Waals surface area contributed by atoms with Gasteiger partial charge in [0.05, 0.1) is 11.9 Å². The van der Waals surface area contributed by atoms with Gasteiger partial charge in [-0.25, -0.2) is 4.68 Å². The van der Waals surface area contributed by atoms with Crippen LogP contribution in [-0.2, 0) is 17.9 Å². The van der Waals surface area contributed by atoms with E-state index in [0.717, 1.165) is 36.4 Å². The number of nitrogens with zero attached hydrogens (tertiary/aromatic N) is 4. The number of pyridine rings is 1. The van der Waals surface area contributed by atoms with E-state index in [2.05, 4.69) is 41.5 Å². The van der Waals surface area contributed by atoms with E-state index in [9.17, 15) is 9.59 Å². The molecule has 8 nitrogen and oxygen atoms in total. The lowest BCUT2D eigenvalue weighted by Gasteiger charge is -2.16. The number of amides is 1. The van der Waals surface area contributed by atoms with Crippen LogP contribution in [0.15, 0.2) is 40.0 Å². The lowest BCUT2D eigenvalue weighted by atomic mass is 10.3. The van der Waals surface area contributed by atoms with Gasteiger partial charge in [0, 0.05) is 32.0 Å². The van der Waals surface area contributed by atoms with Crippen LogP contribution in [0.25, 0.3) is 0 Å². The molecule has 27 heavy (non-hydrogen) atoms. The number of hydrogen-bond donors (Lipinski definition) is 2. The average Bonchev–Trinajstić information content (AvgIpc) is 3.20. The first-order valence-corrected chi connectivity index (χ1v) is 9.80. The van der Waals surface area contributed by atoms with Crippen molar-refractivity contribution < 1.29 is 4.79 Å². The molecule has 3 rings (SSSR count). The largest absolute Gasteiger partial charge is 0.381 e. The molecule has 3 heterocycles. The zero-order chi connectivity index (χ0) is 19.1. The van der Waals surface area contributed by atoms with Crippen molar-refractivity contribution in [2.24, 2.45) is 0 Å². The quantitative estimate of drug-likeness (QED) is 0.648. The van der Waals surface area contributed by atoms with Gasteiger partial charge in [-0.05, 0) is 59.6 Å². The third-order valence-electron chi connectivity index (χ3n) is 4.46. The molecule has 0 radical (unpaired) electrons. The highest BCUT2D eigenvalue weighted by atomic mass is 79.9. The molecule has 1 aliphatic rings. The Morgan fingerprint density at radius 1 is 1.22 bits per heavy atom. The summed E-state index contributed by atoms with van der Waals surface area (Å²) in [6.45, 7) is 4.21. The first kappa shape index (κ1) is 19.5. The number of rotatable bonds is 8. The van der Waals surface area contributed by atoms with Crippen LogP contribution in [0.3, 0.4) is 0 Å². The Bertz CT molecular complexity index is 820. The van der Waals surface area contributed by atoms with Gasteiger partial charge in [0.25, 0.3) is 5.56 Å². The second-order valence-corrected chi connectivity index (χ2v) is 7.24. The van der Waals surface area contributed by atoms with Gasteiger partial charge in [-0.3, -0.25) is 14.6 Å². The van der Waals surface area contributed by atoms with Crippen LogP contribution in [0, 0.1) is 0 Å². The van der Waals surface area contributed by atoms with E-state index in [1.165, 1.54) is 12.8 Å². The number of carbonyl (C=O) groups is 1. The monoisotopic (exact) mass is 434 g/mol. The van der Waals surface area contributed by atoms with Crippen LogP contribution in [0.1, 0.15) is 18.4 Å². The summed E-state index contributed by atoms with van der Waals surface area (Å²) in [4.78, 5) is 30.8. The Morgan fingerprint density at radius 3 is 2.70 bits per heavy atom. The van der Waals surface area contributed by atoms with Crippen molar-refractivity contribution in [2.75, 3.05) is 31.5 Å². The minimum Gasteiger partial charge on any atom is -0.381 e. The van der Waals surface area contributed by atoms with Crippen molar-refractivity contribution in [1.29, 1.82) is 0 Å². The Morgan fingerprint density at radius 2 is 1.96 bits per heavy atom. The minimum atomic E-state index is -0.333. The number of aromatic nitrogens is 3. The predicted octanol–water partition coefficient (Wildman–Crippen LogP) is 1.22. The molecule has 0 aromatic carbocycles. The SMILES string of the molecule is O=C(Cn1ncc(NCCN2CCCC2)c(Br)c1=O)NCc1ccncc1. The van der Waals surface area contributed by atoms with E-state index >= 15 is 0 Å². The first-order valence-electron chi connectivity index (χ1n) is 9.01. The molecule has 1 amide bonds. The van der Waals surface area contributed by atoms with E-state index in [1.807, 2.05) is 12.1 Å². The molecular weight excluding hydrogens is 412 g/mol. The predicted molar refractivity (Wildman–Crippen MR) is 106 cm³/mol. The minimum absolute atomic E-state index is 0.128. The third kappa shape index (κ3) is 5.61. The van der Waals surface area contributed by atoms with E-state index < -0.39 is 0 Å². The summed E-state index contributed by atoms with van der Waals surface area (Å²) in [6.07, 6.45) is 7.42. The molecular formula is C18H23BrN6O2. The Labute approximate surface area is 166 Å². The second kappa shape index (κ2) is 9.61. The van der Waals surface area contributed by atoms with Crippen LogP contribution in [0.5, 0.6) is 0 Å². The van der Waals surface area contributed by atoms with Gasteiger partial charge in [0.1, 0.15) is 11.0 Å². The molecule has 2 aromatic rings. The fourth-order valence-electron chi connectivity index (χ4n) is 2.95. The maximum absolute atomic E-state index is 12.4. The summed E-state index contributed by atoms with van der Waals surface area (Å²) in [5.41, 5.74) is 1.25. The standard InChI is InChI=1S/C18H23BrN6O2/c19-17-15(21-7-10-24-8-1-2-9-24)12-23-25(18(17)27)13-16(26)22-11-14-3-5-20-6-4-14/h3-6,12,21H,1-2,7-11,13H2,(H,22,26). The molecule has 1 saturated heterocycles. The summed E-state index contributed by atoms with van der Waals surface area (Å²) < 4.78 is 1.54. The highest BCUT2D eigenvalue weighted by molar-refractivity contribution is 9.10. The van der Waals surface area contributed by atoms with Gasteiger partial charge in [-0.2, -0.15) is 5.10 Å². The molecule has 0 unspecified atom stereocenters. The van der Waals surface area contributed by atoms with Crippen molar-refractivity contribution in [3.05, 3.63) is 51.1 Å². The van der Waals surface area contributed by atoms with Gasteiger partial charge >= 0.3 is 0 Å². The normalized spacial score (nSPS) is 14.3. The highest BCUT2D eigenvalue weighted by Gasteiger charge is 2.13. The smallest absolute Gasteiger partial charge is 0.283 e. The van der Waals surface area contributed by atoms with Crippen molar-refractivity contribution >= 4 is 27.5 Å². The van der Waals surface area contributed by atoms with Crippen LogP contribution < -0.4 is 16.2 Å². The molecule has 9 heteroatoms. The van der Waals surface area contributed by atoms with Crippen molar-refractivity contribution in [1.82, 2.24) is 25.0 Å². The number of anilines is 1. The Kier molecular flexibility index (Phi) is 6.94. The highest BCUT2D eigenvalue weighted by Crippen LogP contribution is 2.16. The molecule has 0 bridgehead atoms. The summed E-state index contributed by atoms with van der Waals surface area (Å²) in [5.74, 6) is -0.275. The number of halogens is 1. The lowest BCUT2D eigenvalue weighted by Crippen LogP contribution is -2.34. The van der Waals surface area contributed by atoms with E-state index in [4.69, 9.17) is 0 Å². The van der Waals surface area contributed by atoms with Crippen LogP contribution in [0.2, 0.25) is 0 Å². The van der Waals surface area contributed by atoms with Crippen LogP contribution in [-0.4, -0.2) is 51.8 Å². The van der Waals surface area contributed by atoms with Crippen LogP contribution in [0.4, 0.5) is 5.69 Å². The van der Waals surface area contributed by atoms with Gasteiger partial charge in [0.15, 0.2) is 0 Å². The zero-order valence-electron chi connectivity index (χ0n) is 15.0. The summed E-state index contributed by atoms with van der Waals surface area (Å²) in [5, 5.41) is 10.1. The van der Waals surface area contributed by atoms with E-state index in [0.29, 0.717) is 16.7 Å². The van der Waals surface area contributed by atoms with Crippen molar-refractivity contribution in [2.45, 2.75) is 25.9 Å². The fourth-order valence-corrected chi connectivity index (χ4v) is 3.40. The summed E-state index contributed by atoms with van der Waals surface area (Å²) in [7, 11) is 0. The zero-order valence-corrected chi connectivity index (χ0v) is 16.6. The maximum atomic E-state index is 12.4. The molecule has 0 aliphatic carbocycles. The molecule has 0 saturated carbocycles. The molecule has 0 spiro atoms. The van der Waals surface area contributed by atoms with E-state index in [-0.39, 0.29) is 18.0 Å². The van der Waals surface area contributed by atoms with Gasteiger partial charge < -0.3 is 15.5 Å². The lowest BCUT2D eigenvalue weighted by molar-refractivity contribution is -0.122. The number of carbonyl (C=O) groups excluding carboxylic acids is 1. The van der Waals surface area contributed by atoms with Crippen molar-refractivity contribution in [3.8, 4) is 0 Å². The average molecular weight is 435 g/mol. The molecule has 1 fully saturated rings. The Balaban J connectivity index is 1.52. The Hall–Kier alpha value is -2.26.